The van der Waals surface area contributed by atoms with Crippen molar-refractivity contribution in [2.45, 2.75) is 13.1 Å². The Morgan fingerprint density at radius 1 is 0.967 bits per heavy atom. The van der Waals surface area contributed by atoms with E-state index >= 15 is 0 Å². The van der Waals surface area contributed by atoms with Crippen LogP contribution in [0.3, 0.4) is 0 Å². The molecule has 146 valence electrons. The van der Waals surface area contributed by atoms with Gasteiger partial charge in [0.25, 0.3) is 0 Å². The first-order valence-electron chi connectivity index (χ1n) is 10.2. The number of fused-ring (bicyclic) bond motifs is 4. The highest BCUT2D eigenvalue weighted by Crippen LogP contribution is 2.43. The fourth-order valence-electron chi connectivity index (χ4n) is 4.72. The van der Waals surface area contributed by atoms with Gasteiger partial charge in [-0.2, -0.15) is 0 Å². The van der Waals surface area contributed by atoms with Crippen LogP contribution >= 0.6 is 0 Å². The number of hydrogen-bond donors (Lipinski definition) is 0. The zero-order valence-electron chi connectivity index (χ0n) is 16.9. The van der Waals surface area contributed by atoms with Crippen molar-refractivity contribution in [3.63, 3.8) is 0 Å². The first kappa shape index (κ1) is 17.2. The van der Waals surface area contributed by atoms with E-state index in [-0.39, 0.29) is 13.1 Å². The molecule has 0 saturated heterocycles. The molecule has 4 heterocycles. The lowest BCUT2D eigenvalue weighted by atomic mass is 9.69. The van der Waals surface area contributed by atoms with E-state index in [0.29, 0.717) is 0 Å². The summed E-state index contributed by atoms with van der Waals surface area (Å²) in [6.07, 6.45) is 4.08. The Bertz CT molecular complexity index is 1370. The first-order valence-corrected chi connectivity index (χ1v) is 10.2. The summed E-state index contributed by atoms with van der Waals surface area (Å²) in [6.45, 7) is 2.26. The number of rotatable bonds is 2. The van der Waals surface area contributed by atoms with E-state index in [1.165, 1.54) is 5.69 Å². The van der Waals surface area contributed by atoms with Crippen molar-refractivity contribution in [2.24, 2.45) is 0 Å². The highest BCUT2D eigenvalue weighted by molar-refractivity contribution is 6.75. The molecule has 0 amide bonds. The van der Waals surface area contributed by atoms with Crippen LogP contribution in [0.5, 0.6) is 0 Å². The maximum atomic E-state index is 6.09. The van der Waals surface area contributed by atoms with Crippen LogP contribution in [0.2, 0.25) is 0 Å². The molecule has 2 aromatic heterocycles. The van der Waals surface area contributed by atoms with Crippen LogP contribution in [0.25, 0.3) is 23.1 Å². The SMILES string of the molecule is C[C@@H]1N(B2C=c3c(oc4ccccc34)=CN2C)c2ncccc2N1c1ccccc1. The Morgan fingerprint density at radius 2 is 1.77 bits per heavy atom. The van der Waals surface area contributed by atoms with Crippen LogP contribution in [0.4, 0.5) is 17.2 Å². The van der Waals surface area contributed by atoms with Gasteiger partial charge < -0.3 is 18.9 Å². The van der Waals surface area contributed by atoms with Gasteiger partial charge >= 0.3 is 6.98 Å². The number of furan rings is 1. The monoisotopic (exact) mass is 392 g/mol. The molecule has 5 nitrogen and oxygen atoms in total. The van der Waals surface area contributed by atoms with E-state index in [1.807, 2.05) is 24.4 Å². The maximum Gasteiger partial charge on any atom is 0.406 e. The zero-order valence-corrected chi connectivity index (χ0v) is 16.9. The van der Waals surface area contributed by atoms with Crippen molar-refractivity contribution in [1.82, 2.24) is 9.79 Å². The molecule has 0 aliphatic carbocycles. The third-order valence-corrected chi connectivity index (χ3v) is 6.08. The Labute approximate surface area is 175 Å². The summed E-state index contributed by atoms with van der Waals surface area (Å²) in [5, 5.41) is 2.30. The summed E-state index contributed by atoms with van der Waals surface area (Å²) in [7, 11) is 2.10. The fraction of sp³-hybridized carbons (Fsp3) is 0.125. The van der Waals surface area contributed by atoms with Gasteiger partial charge in [0.1, 0.15) is 16.8 Å². The van der Waals surface area contributed by atoms with E-state index in [2.05, 4.69) is 89.2 Å². The average molecular weight is 392 g/mol. The maximum absolute atomic E-state index is 6.09. The number of hydrogen-bond acceptors (Lipinski definition) is 5. The quantitative estimate of drug-likeness (QED) is 0.489. The van der Waals surface area contributed by atoms with Crippen LogP contribution in [0.1, 0.15) is 6.92 Å². The van der Waals surface area contributed by atoms with Gasteiger partial charge in [0, 0.05) is 28.7 Å². The fourth-order valence-corrected chi connectivity index (χ4v) is 4.72. The van der Waals surface area contributed by atoms with Crippen LogP contribution < -0.4 is 20.3 Å². The number of nitrogens with zero attached hydrogens (tertiary/aromatic N) is 4. The minimum Gasteiger partial charge on any atom is -0.455 e. The van der Waals surface area contributed by atoms with E-state index in [9.17, 15) is 0 Å². The summed E-state index contributed by atoms with van der Waals surface area (Å²) in [5.41, 5.74) is 4.12. The topological polar surface area (TPSA) is 35.8 Å². The van der Waals surface area contributed by atoms with Gasteiger partial charge in [-0.05, 0) is 44.3 Å². The number of aromatic nitrogens is 1. The highest BCUT2D eigenvalue weighted by atomic mass is 16.3. The lowest BCUT2D eigenvalue weighted by Crippen LogP contribution is -2.56. The standard InChI is InChI=1S/C24H21BN4O/c1-17-28(18-9-4-3-5-10-18)21-12-8-14-26-24(21)29(17)25-15-20-19-11-6-7-13-22(19)30-23(20)16-27(25)2/h3-17H,1-2H3/t17-/m0/s1. The molecule has 0 radical (unpaired) electrons. The largest absolute Gasteiger partial charge is 0.455 e. The molecule has 2 aliphatic heterocycles. The summed E-state index contributed by atoms with van der Waals surface area (Å²) < 4.78 is 6.09. The Morgan fingerprint density at radius 3 is 2.63 bits per heavy atom. The van der Waals surface area contributed by atoms with Crippen LogP contribution in [-0.2, 0) is 0 Å². The summed E-state index contributed by atoms with van der Waals surface area (Å²) >= 11 is 0. The second kappa shape index (κ2) is 6.42. The van der Waals surface area contributed by atoms with Gasteiger partial charge in [-0.15, -0.1) is 0 Å². The molecule has 1 atom stereocenters. The van der Waals surface area contributed by atoms with Gasteiger partial charge in [0.15, 0.2) is 0 Å². The number of pyridine rings is 1. The van der Waals surface area contributed by atoms with Crippen LogP contribution in [0.15, 0.2) is 77.3 Å². The van der Waals surface area contributed by atoms with E-state index in [1.54, 1.807) is 0 Å². The van der Waals surface area contributed by atoms with Gasteiger partial charge in [-0.1, -0.05) is 42.4 Å². The Hall–Kier alpha value is -3.67. The molecular weight excluding hydrogens is 371 g/mol. The third kappa shape index (κ3) is 2.40. The van der Waals surface area contributed by atoms with Crippen molar-refractivity contribution >= 4 is 47.3 Å². The molecule has 0 spiro atoms. The van der Waals surface area contributed by atoms with Crippen molar-refractivity contribution in [2.75, 3.05) is 16.8 Å². The molecule has 2 aliphatic rings. The number of para-hydroxylation sites is 2. The predicted molar refractivity (Wildman–Crippen MR) is 123 cm³/mol. The Kier molecular flexibility index (Phi) is 3.69. The van der Waals surface area contributed by atoms with Crippen molar-refractivity contribution in [3.05, 3.63) is 83.6 Å². The molecule has 6 rings (SSSR count). The second-order valence-electron chi connectivity index (χ2n) is 7.84. The highest BCUT2D eigenvalue weighted by Gasteiger charge is 2.42. The lowest BCUT2D eigenvalue weighted by Gasteiger charge is -2.36. The molecule has 0 fully saturated rings. The van der Waals surface area contributed by atoms with Crippen LogP contribution in [-0.4, -0.2) is 30.0 Å². The molecule has 0 N–H and O–H groups in total. The zero-order chi connectivity index (χ0) is 20.2. The van der Waals surface area contributed by atoms with Gasteiger partial charge in [0.05, 0.1) is 11.9 Å². The lowest BCUT2D eigenvalue weighted by molar-refractivity contribution is 0.561. The van der Waals surface area contributed by atoms with Crippen molar-refractivity contribution in [3.8, 4) is 0 Å². The van der Waals surface area contributed by atoms with Gasteiger partial charge in [-0.3, -0.25) is 0 Å². The molecule has 6 heteroatoms. The number of anilines is 3. The second-order valence-corrected chi connectivity index (χ2v) is 7.84. The minimum atomic E-state index is 0.0240. The summed E-state index contributed by atoms with van der Waals surface area (Å²) in [4.78, 5) is 11.7. The molecule has 4 aromatic rings. The van der Waals surface area contributed by atoms with Gasteiger partial charge in [0.2, 0.25) is 0 Å². The minimum absolute atomic E-state index is 0.0240. The third-order valence-electron chi connectivity index (χ3n) is 6.08. The van der Waals surface area contributed by atoms with Crippen LogP contribution in [0, 0.1) is 0 Å². The molecule has 0 bridgehead atoms. The van der Waals surface area contributed by atoms with E-state index in [0.717, 1.165) is 33.1 Å². The van der Waals surface area contributed by atoms with E-state index < -0.39 is 0 Å². The van der Waals surface area contributed by atoms with Crippen molar-refractivity contribution in [1.29, 1.82) is 0 Å². The smallest absolute Gasteiger partial charge is 0.406 e. The van der Waals surface area contributed by atoms with E-state index in [4.69, 9.17) is 9.40 Å². The Balaban J connectivity index is 1.52. The molecule has 0 saturated carbocycles. The summed E-state index contributed by atoms with van der Waals surface area (Å²) in [6, 6.07) is 22.9. The molecular formula is C24H21BN4O. The summed E-state index contributed by atoms with van der Waals surface area (Å²) in [5.74, 6) is 3.29. The van der Waals surface area contributed by atoms with Gasteiger partial charge in [-0.25, -0.2) is 4.98 Å². The van der Waals surface area contributed by atoms with Crippen molar-refractivity contribution < 1.29 is 4.42 Å². The first-order chi connectivity index (χ1) is 14.7. The molecule has 30 heavy (non-hydrogen) atoms. The number of benzene rings is 2. The predicted octanol–water partition coefficient (Wildman–Crippen LogP) is 3.32. The normalized spacial score (nSPS) is 17.6. The average Bonchev–Trinajstić information content (AvgIpc) is 3.27. The molecule has 0 unspecified atom stereocenters. The molecule has 2 aromatic carbocycles.